The second-order valence-corrected chi connectivity index (χ2v) is 5.19. The predicted molar refractivity (Wildman–Crippen MR) is 88.2 cm³/mol. The van der Waals surface area contributed by atoms with Crippen LogP contribution in [0, 0.1) is 0 Å². The van der Waals surface area contributed by atoms with Crippen molar-refractivity contribution in [3.05, 3.63) is 66.7 Å². The molecule has 1 aromatic heterocycles. The van der Waals surface area contributed by atoms with Crippen molar-refractivity contribution in [2.75, 3.05) is 7.11 Å². The number of hydrogen-bond acceptors (Lipinski definition) is 4. The van der Waals surface area contributed by atoms with Gasteiger partial charge in [0.15, 0.2) is 0 Å². The summed E-state index contributed by atoms with van der Waals surface area (Å²) in [6, 6.07) is 21.8. The fraction of sp³-hybridized carbons (Fsp3) is 0.111. The zero-order valence-corrected chi connectivity index (χ0v) is 12.6. The highest BCUT2D eigenvalue weighted by Crippen LogP contribution is 2.25. The lowest BCUT2D eigenvalue weighted by Crippen LogP contribution is -2.19. The Kier molecular flexibility index (Phi) is 3.40. The molecule has 0 saturated carbocycles. The van der Waals surface area contributed by atoms with Gasteiger partial charge in [-0.25, -0.2) is 0 Å². The summed E-state index contributed by atoms with van der Waals surface area (Å²) < 4.78 is 13.0. The topological polar surface area (TPSA) is 49.2 Å². The Morgan fingerprint density at radius 2 is 1.70 bits per heavy atom. The first-order chi connectivity index (χ1) is 11.3. The molecule has 3 aromatic carbocycles. The molecular weight excluding hydrogens is 290 g/mol. The summed E-state index contributed by atoms with van der Waals surface area (Å²) in [6.45, 7) is 0. The highest BCUT2D eigenvalue weighted by molar-refractivity contribution is 5.83. The highest BCUT2D eigenvalue weighted by atomic mass is 16.7. The van der Waals surface area contributed by atoms with Crippen LogP contribution in [-0.4, -0.2) is 22.1 Å². The summed E-state index contributed by atoms with van der Waals surface area (Å²) in [4.78, 5) is 0. The lowest BCUT2D eigenvalue weighted by Gasteiger charge is -2.18. The van der Waals surface area contributed by atoms with Crippen LogP contribution in [0.5, 0.6) is 5.75 Å². The Morgan fingerprint density at radius 1 is 0.913 bits per heavy atom. The first-order valence-corrected chi connectivity index (χ1v) is 7.33. The van der Waals surface area contributed by atoms with Crippen molar-refractivity contribution < 1.29 is 9.47 Å². The van der Waals surface area contributed by atoms with Gasteiger partial charge in [-0.05, 0) is 35.0 Å². The average molecular weight is 305 g/mol. The minimum absolute atomic E-state index is 0.677. The Bertz CT molecular complexity index is 964. The number of methoxy groups -OCH3 is 1. The van der Waals surface area contributed by atoms with Crippen molar-refractivity contribution in [3.63, 3.8) is 0 Å². The Labute approximate surface area is 133 Å². The monoisotopic (exact) mass is 305 g/mol. The number of hydrogen-bond donors (Lipinski definition) is 0. The maximum atomic E-state index is 5.96. The molecule has 0 amide bonds. The first-order valence-electron chi connectivity index (χ1n) is 7.33. The van der Waals surface area contributed by atoms with E-state index in [4.69, 9.17) is 9.47 Å². The van der Waals surface area contributed by atoms with Gasteiger partial charge in [-0.3, -0.25) is 0 Å². The van der Waals surface area contributed by atoms with E-state index in [0.29, 0.717) is 0 Å². The lowest BCUT2D eigenvalue weighted by molar-refractivity contribution is -0.116. The summed E-state index contributed by atoms with van der Waals surface area (Å²) in [5.74, 6) is 0.718. The third kappa shape index (κ3) is 2.51. The van der Waals surface area contributed by atoms with Crippen molar-refractivity contribution in [1.29, 1.82) is 0 Å². The third-order valence-electron chi connectivity index (χ3n) is 3.74. The Hall–Kier alpha value is -2.92. The van der Waals surface area contributed by atoms with Crippen LogP contribution in [0.2, 0.25) is 0 Å². The second kappa shape index (κ2) is 5.70. The quantitative estimate of drug-likeness (QED) is 0.539. The Balaban J connectivity index is 1.69. The summed E-state index contributed by atoms with van der Waals surface area (Å²) in [7, 11) is 1.59. The highest BCUT2D eigenvalue weighted by Gasteiger charge is 2.16. The van der Waals surface area contributed by atoms with Gasteiger partial charge < -0.3 is 9.47 Å². The fourth-order valence-electron chi connectivity index (χ4n) is 2.60. The molecule has 0 radical (unpaired) electrons. The standard InChI is InChI=1S/C18H15N3O2/c1-22-18(21-17-9-5-4-8-16(17)19-20-21)23-15-11-10-13-6-2-3-7-14(13)12-15/h2-12,18H,1H3. The molecule has 0 bridgehead atoms. The van der Waals surface area contributed by atoms with Gasteiger partial charge in [-0.15, -0.1) is 5.10 Å². The molecular formula is C18H15N3O2. The molecule has 0 aliphatic heterocycles. The molecule has 1 heterocycles. The molecule has 0 fully saturated rings. The largest absolute Gasteiger partial charge is 0.445 e. The van der Waals surface area contributed by atoms with E-state index in [0.717, 1.165) is 22.2 Å². The second-order valence-electron chi connectivity index (χ2n) is 5.19. The van der Waals surface area contributed by atoms with Crippen LogP contribution in [0.15, 0.2) is 66.7 Å². The molecule has 1 atom stereocenters. The molecule has 4 aromatic rings. The van der Waals surface area contributed by atoms with Crippen LogP contribution in [0.4, 0.5) is 0 Å². The smallest absolute Gasteiger partial charge is 0.304 e. The van der Waals surface area contributed by atoms with Crippen LogP contribution >= 0.6 is 0 Å². The van der Waals surface area contributed by atoms with E-state index in [1.807, 2.05) is 54.6 Å². The molecule has 114 valence electrons. The third-order valence-corrected chi connectivity index (χ3v) is 3.74. The van der Waals surface area contributed by atoms with Crippen molar-refractivity contribution in [2.45, 2.75) is 6.41 Å². The van der Waals surface area contributed by atoms with Crippen LogP contribution in [-0.2, 0) is 4.74 Å². The number of fused-ring (bicyclic) bond motifs is 2. The van der Waals surface area contributed by atoms with Crippen molar-refractivity contribution in [2.24, 2.45) is 0 Å². The van der Waals surface area contributed by atoms with Crippen LogP contribution in [0.25, 0.3) is 21.8 Å². The van der Waals surface area contributed by atoms with Crippen molar-refractivity contribution in [3.8, 4) is 5.75 Å². The van der Waals surface area contributed by atoms with E-state index in [2.05, 4.69) is 22.4 Å². The number of aromatic nitrogens is 3. The van der Waals surface area contributed by atoms with Gasteiger partial charge in [-0.1, -0.05) is 47.7 Å². The predicted octanol–water partition coefficient (Wildman–Crippen LogP) is 3.77. The summed E-state index contributed by atoms with van der Waals surface area (Å²) >= 11 is 0. The van der Waals surface area contributed by atoms with Crippen LogP contribution in [0.3, 0.4) is 0 Å². The summed E-state index contributed by atoms with van der Waals surface area (Å²) in [5.41, 5.74) is 1.66. The SMILES string of the molecule is COC(Oc1ccc2ccccc2c1)n1nnc2ccccc21. The minimum atomic E-state index is -0.677. The normalized spacial score (nSPS) is 12.6. The van der Waals surface area contributed by atoms with E-state index in [1.165, 1.54) is 5.39 Å². The van der Waals surface area contributed by atoms with Gasteiger partial charge >= 0.3 is 6.41 Å². The van der Waals surface area contributed by atoms with E-state index in [1.54, 1.807) is 11.8 Å². The van der Waals surface area contributed by atoms with Crippen LogP contribution < -0.4 is 4.74 Å². The maximum absolute atomic E-state index is 5.96. The number of nitrogens with zero attached hydrogens (tertiary/aromatic N) is 3. The molecule has 0 aliphatic carbocycles. The average Bonchev–Trinajstić information content (AvgIpc) is 3.03. The molecule has 0 aliphatic rings. The molecule has 0 N–H and O–H groups in total. The molecule has 1 unspecified atom stereocenters. The van der Waals surface area contributed by atoms with E-state index < -0.39 is 6.41 Å². The fourth-order valence-corrected chi connectivity index (χ4v) is 2.60. The molecule has 23 heavy (non-hydrogen) atoms. The number of rotatable bonds is 4. The number of ether oxygens (including phenoxy) is 2. The van der Waals surface area contributed by atoms with Crippen molar-refractivity contribution >= 4 is 21.8 Å². The number of para-hydroxylation sites is 1. The van der Waals surface area contributed by atoms with Gasteiger partial charge in [0.25, 0.3) is 0 Å². The zero-order valence-electron chi connectivity index (χ0n) is 12.6. The van der Waals surface area contributed by atoms with Crippen LogP contribution in [0.1, 0.15) is 6.41 Å². The maximum Gasteiger partial charge on any atom is 0.304 e. The number of benzene rings is 3. The molecule has 4 rings (SSSR count). The van der Waals surface area contributed by atoms with Crippen molar-refractivity contribution in [1.82, 2.24) is 15.0 Å². The summed E-state index contributed by atoms with van der Waals surface area (Å²) in [5, 5.41) is 10.6. The minimum Gasteiger partial charge on any atom is -0.445 e. The Morgan fingerprint density at radius 3 is 2.57 bits per heavy atom. The van der Waals surface area contributed by atoms with Gasteiger partial charge in [0.2, 0.25) is 0 Å². The van der Waals surface area contributed by atoms with E-state index >= 15 is 0 Å². The van der Waals surface area contributed by atoms with Gasteiger partial charge in [0, 0.05) is 7.11 Å². The van der Waals surface area contributed by atoms with E-state index in [9.17, 15) is 0 Å². The zero-order chi connectivity index (χ0) is 15.6. The molecule has 5 nitrogen and oxygen atoms in total. The first kappa shape index (κ1) is 13.7. The van der Waals surface area contributed by atoms with Gasteiger partial charge in [0.1, 0.15) is 11.3 Å². The molecule has 5 heteroatoms. The lowest BCUT2D eigenvalue weighted by atomic mass is 10.1. The molecule has 0 saturated heterocycles. The van der Waals surface area contributed by atoms with E-state index in [-0.39, 0.29) is 0 Å². The van der Waals surface area contributed by atoms with Gasteiger partial charge in [-0.2, -0.15) is 4.68 Å². The summed E-state index contributed by atoms with van der Waals surface area (Å²) in [6.07, 6.45) is -0.677. The van der Waals surface area contributed by atoms with Gasteiger partial charge in [0.05, 0.1) is 5.52 Å². The molecule has 0 spiro atoms.